The number of hydrogen-bond acceptors (Lipinski definition) is 3. The minimum Gasteiger partial charge on any atom is -0.381 e. The Morgan fingerprint density at radius 3 is 2.42 bits per heavy atom. The van der Waals surface area contributed by atoms with Crippen LogP contribution in [0.2, 0.25) is 0 Å². The first-order chi connectivity index (χ1) is 11.3. The first-order valence-electron chi connectivity index (χ1n) is 9.14. The first kappa shape index (κ1) is 20.7. The standard InChI is InChI=1S/C18H36N4O2/c1-8-13(4)20-17(19-12-16(23)22(5)6)21-14-11-15(24-7)18(14,9-2)10-3/h13-15H,8-12H2,1-7H3,(H2,19,20,21). The molecule has 0 spiro atoms. The maximum atomic E-state index is 11.9. The molecule has 0 aromatic carbocycles. The van der Waals surface area contributed by atoms with E-state index in [-0.39, 0.29) is 17.9 Å². The van der Waals surface area contributed by atoms with Gasteiger partial charge < -0.3 is 20.3 Å². The molecule has 1 aliphatic rings. The summed E-state index contributed by atoms with van der Waals surface area (Å²) in [5.41, 5.74) is 0.137. The topological polar surface area (TPSA) is 66.0 Å². The van der Waals surface area contributed by atoms with Crippen molar-refractivity contribution < 1.29 is 9.53 Å². The maximum absolute atomic E-state index is 11.9. The van der Waals surface area contributed by atoms with Gasteiger partial charge in [-0.1, -0.05) is 20.8 Å². The number of rotatable bonds is 8. The van der Waals surface area contributed by atoms with Crippen molar-refractivity contribution in [2.45, 2.75) is 71.6 Å². The molecule has 1 amide bonds. The Morgan fingerprint density at radius 2 is 1.96 bits per heavy atom. The molecule has 24 heavy (non-hydrogen) atoms. The molecule has 6 heteroatoms. The molecule has 6 nitrogen and oxygen atoms in total. The quantitative estimate of drug-likeness (QED) is 0.524. The van der Waals surface area contributed by atoms with E-state index in [0.717, 1.165) is 31.6 Å². The van der Waals surface area contributed by atoms with Crippen LogP contribution in [0.25, 0.3) is 0 Å². The molecule has 0 heterocycles. The third-order valence-electron chi connectivity index (χ3n) is 5.56. The van der Waals surface area contributed by atoms with Crippen LogP contribution in [0.15, 0.2) is 4.99 Å². The van der Waals surface area contributed by atoms with Gasteiger partial charge in [-0.3, -0.25) is 4.79 Å². The molecule has 3 atom stereocenters. The first-order valence-corrected chi connectivity index (χ1v) is 9.14. The largest absolute Gasteiger partial charge is 0.381 e. The van der Waals surface area contributed by atoms with Gasteiger partial charge in [-0.25, -0.2) is 4.99 Å². The Kier molecular flexibility index (Phi) is 8.00. The number of carbonyl (C=O) groups excluding carboxylic acids is 1. The molecule has 0 aromatic rings. The molecule has 0 aliphatic heterocycles. The molecular formula is C18H36N4O2. The molecule has 1 rings (SSSR count). The lowest BCUT2D eigenvalue weighted by molar-refractivity contribution is -0.127. The van der Waals surface area contributed by atoms with Crippen LogP contribution in [0, 0.1) is 5.41 Å². The molecular weight excluding hydrogens is 304 g/mol. The number of carbonyl (C=O) groups is 1. The van der Waals surface area contributed by atoms with Gasteiger partial charge in [0.1, 0.15) is 6.54 Å². The van der Waals surface area contributed by atoms with Gasteiger partial charge in [-0.15, -0.1) is 0 Å². The van der Waals surface area contributed by atoms with Crippen molar-refractivity contribution in [2.24, 2.45) is 10.4 Å². The average Bonchev–Trinajstić information content (AvgIpc) is 2.56. The van der Waals surface area contributed by atoms with Gasteiger partial charge in [0.25, 0.3) is 0 Å². The zero-order chi connectivity index (χ0) is 18.3. The average molecular weight is 341 g/mol. The van der Waals surface area contributed by atoms with Crippen molar-refractivity contribution >= 4 is 11.9 Å². The van der Waals surface area contributed by atoms with E-state index in [1.807, 2.05) is 0 Å². The van der Waals surface area contributed by atoms with E-state index in [0.29, 0.717) is 18.2 Å². The zero-order valence-electron chi connectivity index (χ0n) is 16.5. The second-order valence-corrected chi connectivity index (χ2v) is 7.00. The Balaban J connectivity index is 2.84. The monoisotopic (exact) mass is 340 g/mol. The zero-order valence-corrected chi connectivity index (χ0v) is 16.5. The number of amides is 1. The van der Waals surface area contributed by atoms with Crippen LogP contribution in [0.1, 0.15) is 53.4 Å². The summed E-state index contributed by atoms with van der Waals surface area (Å²) in [5, 5.41) is 6.96. The van der Waals surface area contributed by atoms with Gasteiger partial charge in [0.05, 0.1) is 6.10 Å². The summed E-state index contributed by atoms with van der Waals surface area (Å²) in [6, 6.07) is 0.629. The van der Waals surface area contributed by atoms with E-state index in [1.54, 1.807) is 26.1 Å². The lowest BCUT2D eigenvalue weighted by Gasteiger charge is -2.55. The number of likely N-dealkylation sites (N-methyl/N-ethyl adjacent to an activating group) is 1. The molecule has 0 aromatic heterocycles. The van der Waals surface area contributed by atoms with Gasteiger partial charge in [0, 0.05) is 38.7 Å². The van der Waals surface area contributed by atoms with Crippen molar-refractivity contribution in [1.82, 2.24) is 15.5 Å². The molecule has 0 radical (unpaired) electrons. The highest BCUT2D eigenvalue weighted by Crippen LogP contribution is 2.48. The van der Waals surface area contributed by atoms with Crippen LogP contribution >= 0.6 is 0 Å². The highest BCUT2D eigenvalue weighted by Gasteiger charge is 2.53. The maximum Gasteiger partial charge on any atom is 0.243 e. The molecule has 3 unspecified atom stereocenters. The van der Waals surface area contributed by atoms with Crippen molar-refractivity contribution in [3.8, 4) is 0 Å². The van der Waals surface area contributed by atoms with Crippen LogP contribution in [-0.4, -0.2) is 62.7 Å². The summed E-state index contributed by atoms with van der Waals surface area (Å²) in [6.07, 6.45) is 4.39. The summed E-state index contributed by atoms with van der Waals surface area (Å²) in [6.45, 7) is 8.85. The minimum absolute atomic E-state index is 0.000811. The lowest BCUT2D eigenvalue weighted by atomic mass is 9.58. The molecule has 1 fully saturated rings. The van der Waals surface area contributed by atoms with Crippen LogP contribution in [0.3, 0.4) is 0 Å². The molecule has 140 valence electrons. The van der Waals surface area contributed by atoms with E-state index < -0.39 is 0 Å². The molecule has 1 saturated carbocycles. The van der Waals surface area contributed by atoms with Crippen molar-refractivity contribution in [2.75, 3.05) is 27.7 Å². The Hall–Kier alpha value is -1.30. The number of hydrogen-bond donors (Lipinski definition) is 2. The van der Waals surface area contributed by atoms with Gasteiger partial charge in [-0.2, -0.15) is 0 Å². The Bertz CT molecular complexity index is 433. The summed E-state index contributed by atoms with van der Waals surface area (Å²) in [7, 11) is 5.30. The highest BCUT2D eigenvalue weighted by molar-refractivity contribution is 5.85. The van der Waals surface area contributed by atoms with Gasteiger partial charge >= 0.3 is 0 Å². The van der Waals surface area contributed by atoms with Crippen LogP contribution in [-0.2, 0) is 9.53 Å². The summed E-state index contributed by atoms with van der Waals surface area (Å²) in [5.74, 6) is 0.728. The van der Waals surface area contributed by atoms with Crippen molar-refractivity contribution in [3.05, 3.63) is 0 Å². The van der Waals surface area contributed by atoms with Crippen LogP contribution in [0.4, 0.5) is 0 Å². The van der Waals surface area contributed by atoms with E-state index in [1.165, 1.54) is 0 Å². The van der Waals surface area contributed by atoms with Gasteiger partial charge in [0.15, 0.2) is 5.96 Å². The number of methoxy groups -OCH3 is 1. The fourth-order valence-electron chi connectivity index (χ4n) is 3.40. The number of nitrogens with zero attached hydrogens (tertiary/aromatic N) is 2. The normalized spacial score (nSPS) is 24.0. The Morgan fingerprint density at radius 1 is 1.33 bits per heavy atom. The third kappa shape index (κ3) is 4.62. The van der Waals surface area contributed by atoms with Crippen molar-refractivity contribution in [3.63, 3.8) is 0 Å². The smallest absolute Gasteiger partial charge is 0.243 e. The SMILES string of the molecule is CCC(C)NC(=NCC(=O)N(C)C)NC1CC(OC)C1(CC)CC. The second-order valence-electron chi connectivity index (χ2n) is 7.00. The predicted octanol–water partition coefficient (Wildman–Crippen LogP) is 2.00. The van der Waals surface area contributed by atoms with E-state index in [2.05, 4.69) is 43.3 Å². The number of nitrogens with one attached hydrogen (secondary N) is 2. The Labute approximate surface area is 147 Å². The molecule has 2 N–H and O–H groups in total. The fourth-order valence-corrected chi connectivity index (χ4v) is 3.40. The van der Waals surface area contributed by atoms with Crippen molar-refractivity contribution in [1.29, 1.82) is 0 Å². The highest BCUT2D eigenvalue weighted by atomic mass is 16.5. The minimum atomic E-state index is 0.000811. The number of ether oxygens (including phenoxy) is 1. The summed E-state index contributed by atoms with van der Waals surface area (Å²) in [4.78, 5) is 17.9. The predicted molar refractivity (Wildman–Crippen MR) is 99.2 cm³/mol. The van der Waals surface area contributed by atoms with Gasteiger partial charge in [0.2, 0.25) is 5.91 Å². The fraction of sp³-hybridized carbons (Fsp3) is 0.889. The van der Waals surface area contributed by atoms with Gasteiger partial charge in [-0.05, 0) is 32.6 Å². The lowest BCUT2D eigenvalue weighted by Crippen LogP contribution is -2.65. The van der Waals surface area contributed by atoms with E-state index in [4.69, 9.17) is 4.74 Å². The summed E-state index contributed by atoms with van der Waals surface area (Å²) >= 11 is 0. The van der Waals surface area contributed by atoms with E-state index in [9.17, 15) is 4.79 Å². The summed E-state index contributed by atoms with van der Waals surface area (Å²) < 4.78 is 5.67. The molecule has 0 bridgehead atoms. The number of guanidine groups is 1. The number of aliphatic imine (C=N–C) groups is 1. The molecule has 0 saturated heterocycles. The van der Waals surface area contributed by atoms with E-state index >= 15 is 0 Å². The van der Waals surface area contributed by atoms with Crippen LogP contribution < -0.4 is 10.6 Å². The van der Waals surface area contributed by atoms with Crippen LogP contribution in [0.5, 0.6) is 0 Å². The second kappa shape index (κ2) is 9.25. The third-order valence-corrected chi connectivity index (χ3v) is 5.56. The molecule has 1 aliphatic carbocycles.